The molecule has 0 N–H and O–H groups in total. The number of hydrogen-bond acceptors (Lipinski definition) is 3. The Morgan fingerprint density at radius 3 is 2.67 bits per heavy atom. The average Bonchev–Trinajstić information content (AvgIpc) is 3.36. The summed E-state index contributed by atoms with van der Waals surface area (Å²) in [6.45, 7) is 5.08. The van der Waals surface area contributed by atoms with Gasteiger partial charge in [-0.3, -0.25) is 4.79 Å². The van der Waals surface area contributed by atoms with E-state index in [1.165, 1.54) is 12.1 Å². The van der Waals surface area contributed by atoms with Crippen LogP contribution in [-0.2, 0) is 17.8 Å². The van der Waals surface area contributed by atoms with E-state index in [9.17, 15) is 4.79 Å². The molecule has 0 unspecified atom stereocenters. The Morgan fingerprint density at radius 1 is 1.22 bits per heavy atom. The van der Waals surface area contributed by atoms with E-state index < -0.39 is 0 Å². The zero-order valence-electron chi connectivity index (χ0n) is 16.4. The van der Waals surface area contributed by atoms with Crippen LogP contribution in [0.25, 0.3) is 0 Å². The maximum atomic E-state index is 12.9. The lowest BCUT2D eigenvalue weighted by Gasteiger charge is -2.26. The van der Waals surface area contributed by atoms with E-state index in [2.05, 4.69) is 23.6 Å². The number of benzene rings is 1. The number of nitrogens with zero attached hydrogens (tertiary/aromatic N) is 3. The zero-order chi connectivity index (χ0) is 18.8. The maximum Gasteiger partial charge on any atom is 0.223 e. The number of carbonyl (C=O) groups is 1. The maximum absolute atomic E-state index is 12.9. The van der Waals surface area contributed by atoms with E-state index in [-0.39, 0.29) is 11.8 Å². The smallest absolute Gasteiger partial charge is 0.223 e. The SMILES string of the molecule is COc1ccc([C@H](CC(=O)N2CCCC2)c2cnc3n2CC[C@@H](C)C3)cc1. The van der Waals surface area contributed by atoms with Crippen LogP contribution in [-0.4, -0.2) is 40.6 Å². The van der Waals surface area contributed by atoms with Crippen molar-refractivity contribution in [3.05, 3.63) is 47.5 Å². The fourth-order valence-corrected chi connectivity index (χ4v) is 4.39. The second-order valence-electron chi connectivity index (χ2n) is 7.97. The molecule has 4 rings (SSSR count). The third-order valence-corrected chi connectivity index (χ3v) is 6.06. The van der Waals surface area contributed by atoms with Gasteiger partial charge < -0.3 is 14.2 Å². The number of rotatable bonds is 5. The Kier molecular flexibility index (Phi) is 5.19. The van der Waals surface area contributed by atoms with Crippen LogP contribution in [0.15, 0.2) is 30.5 Å². The fourth-order valence-electron chi connectivity index (χ4n) is 4.39. The molecule has 0 aliphatic carbocycles. The Morgan fingerprint density at radius 2 is 1.96 bits per heavy atom. The summed E-state index contributed by atoms with van der Waals surface area (Å²) in [4.78, 5) is 19.7. The number of methoxy groups -OCH3 is 1. The zero-order valence-corrected chi connectivity index (χ0v) is 16.4. The van der Waals surface area contributed by atoms with Gasteiger partial charge in [0, 0.05) is 50.3 Å². The van der Waals surface area contributed by atoms with Gasteiger partial charge in [0.15, 0.2) is 0 Å². The first kappa shape index (κ1) is 18.1. The quantitative estimate of drug-likeness (QED) is 0.811. The average molecular weight is 367 g/mol. The van der Waals surface area contributed by atoms with Gasteiger partial charge in [0.1, 0.15) is 11.6 Å². The summed E-state index contributed by atoms with van der Waals surface area (Å²) in [5.74, 6) is 2.98. The van der Waals surface area contributed by atoms with Crippen molar-refractivity contribution >= 4 is 5.91 Å². The molecule has 3 heterocycles. The van der Waals surface area contributed by atoms with Gasteiger partial charge in [-0.05, 0) is 42.9 Å². The second kappa shape index (κ2) is 7.75. The van der Waals surface area contributed by atoms with Gasteiger partial charge in [-0.1, -0.05) is 19.1 Å². The standard InChI is InChI=1S/C22H29N3O2/c1-16-9-12-25-20(15-23-21(25)13-16)19(14-22(26)24-10-3-4-11-24)17-5-7-18(27-2)8-6-17/h5-8,15-16,19H,3-4,9-14H2,1-2H3/t16-,19+/m1/s1. The Labute approximate surface area is 161 Å². The van der Waals surface area contributed by atoms with Crippen LogP contribution in [0.5, 0.6) is 5.75 Å². The van der Waals surface area contributed by atoms with Crippen molar-refractivity contribution < 1.29 is 9.53 Å². The fraction of sp³-hybridized carbons (Fsp3) is 0.545. The summed E-state index contributed by atoms with van der Waals surface area (Å²) in [5.41, 5.74) is 2.33. The number of aromatic nitrogens is 2. The van der Waals surface area contributed by atoms with E-state index >= 15 is 0 Å². The van der Waals surface area contributed by atoms with Crippen LogP contribution in [0.1, 0.15) is 55.6 Å². The van der Waals surface area contributed by atoms with E-state index in [1.54, 1.807) is 7.11 Å². The van der Waals surface area contributed by atoms with Crippen LogP contribution in [0.4, 0.5) is 0 Å². The predicted octanol–water partition coefficient (Wildman–Crippen LogP) is 3.62. The summed E-state index contributed by atoms with van der Waals surface area (Å²) >= 11 is 0. The molecule has 27 heavy (non-hydrogen) atoms. The van der Waals surface area contributed by atoms with Gasteiger partial charge in [-0.15, -0.1) is 0 Å². The molecule has 144 valence electrons. The first-order valence-corrected chi connectivity index (χ1v) is 10.1. The molecule has 5 nitrogen and oxygen atoms in total. The summed E-state index contributed by atoms with van der Waals surface area (Å²) < 4.78 is 7.66. The van der Waals surface area contributed by atoms with Crippen molar-refractivity contribution in [2.24, 2.45) is 5.92 Å². The van der Waals surface area contributed by atoms with Gasteiger partial charge in [-0.2, -0.15) is 0 Å². The molecule has 1 aromatic heterocycles. The highest BCUT2D eigenvalue weighted by molar-refractivity contribution is 5.78. The highest BCUT2D eigenvalue weighted by Crippen LogP contribution is 2.33. The molecule has 2 aliphatic rings. The predicted molar refractivity (Wildman–Crippen MR) is 105 cm³/mol. The van der Waals surface area contributed by atoms with Crippen molar-refractivity contribution in [1.82, 2.24) is 14.5 Å². The summed E-state index contributed by atoms with van der Waals surface area (Å²) in [6.07, 6.45) is 6.95. The minimum Gasteiger partial charge on any atom is -0.497 e. The van der Waals surface area contributed by atoms with Crippen molar-refractivity contribution in [2.75, 3.05) is 20.2 Å². The minimum atomic E-state index is 0.0404. The lowest BCUT2D eigenvalue weighted by molar-refractivity contribution is -0.130. The second-order valence-corrected chi connectivity index (χ2v) is 7.97. The van der Waals surface area contributed by atoms with Crippen LogP contribution < -0.4 is 4.74 Å². The van der Waals surface area contributed by atoms with Crippen LogP contribution in [0.2, 0.25) is 0 Å². The lowest BCUT2D eigenvalue weighted by atomic mass is 9.91. The number of likely N-dealkylation sites (tertiary alicyclic amines) is 1. The monoisotopic (exact) mass is 367 g/mol. The number of amides is 1. The molecule has 1 aromatic carbocycles. The molecule has 1 amide bonds. The van der Waals surface area contributed by atoms with E-state index in [4.69, 9.17) is 9.72 Å². The minimum absolute atomic E-state index is 0.0404. The molecule has 0 radical (unpaired) electrons. The molecule has 5 heteroatoms. The summed E-state index contributed by atoms with van der Waals surface area (Å²) in [5, 5.41) is 0. The van der Waals surface area contributed by atoms with Gasteiger partial charge in [-0.25, -0.2) is 4.98 Å². The van der Waals surface area contributed by atoms with Crippen LogP contribution in [0.3, 0.4) is 0 Å². The topological polar surface area (TPSA) is 47.4 Å². The number of fused-ring (bicyclic) bond motifs is 1. The molecule has 2 atom stereocenters. The Balaban J connectivity index is 1.66. The van der Waals surface area contributed by atoms with Crippen LogP contribution >= 0.6 is 0 Å². The molecule has 0 bridgehead atoms. The highest BCUT2D eigenvalue weighted by Gasteiger charge is 2.28. The van der Waals surface area contributed by atoms with Crippen molar-refractivity contribution in [3.8, 4) is 5.75 Å². The van der Waals surface area contributed by atoms with E-state index in [0.717, 1.165) is 56.0 Å². The first-order valence-electron chi connectivity index (χ1n) is 10.1. The Bertz CT molecular complexity index is 790. The van der Waals surface area contributed by atoms with Gasteiger partial charge >= 0.3 is 0 Å². The Hall–Kier alpha value is -2.30. The molecule has 0 spiro atoms. The first-order chi connectivity index (χ1) is 13.2. The summed E-state index contributed by atoms with van der Waals surface area (Å²) in [7, 11) is 1.68. The van der Waals surface area contributed by atoms with Gasteiger partial charge in [0.05, 0.1) is 7.11 Å². The molecule has 2 aliphatic heterocycles. The number of ether oxygens (including phenoxy) is 1. The van der Waals surface area contributed by atoms with Gasteiger partial charge in [0.25, 0.3) is 0 Å². The van der Waals surface area contributed by atoms with Crippen molar-refractivity contribution in [3.63, 3.8) is 0 Å². The number of carbonyl (C=O) groups excluding carboxylic acids is 1. The number of hydrogen-bond donors (Lipinski definition) is 0. The van der Waals surface area contributed by atoms with Crippen molar-refractivity contribution in [2.45, 2.75) is 51.5 Å². The molecular formula is C22H29N3O2. The van der Waals surface area contributed by atoms with E-state index in [1.807, 2.05) is 23.2 Å². The molecule has 2 aromatic rings. The largest absolute Gasteiger partial charge is 0.497 e. The third kappa shape index (κ3) is 3.73. The van der Waals surface area contributed by atoms with E-state index in [0.29, 0.717) is 12.3 Å². The normalized spacial score (nSPS) is 20.4. The van der Waals surface area contributed by atoms with Crippen LogP contribution in [0, 0.1) is 5.92 Å². The highest BCUT2D eigenvalue weighted by atomic mass is 16.5. The summed E-state index contributed by atoms with van der Waals surface area (Å²) in [6, 6.07) is 8.15. The molecular weight excluding hydrogens is 338 g/mol. The number of imidazole rings is 1. The van der Waals surface area contributed by atoms with Crippen molar-refractivity contribution in [1.29, 1.82) is 0 Å². The lowest BCUT2D eigenvalue weighted by Crippen LogP contribution is -2.30. The molecule has 1 fully saturated rings. The van der Waals surface area contributed by atoms with Gasteiger partial charge in [0.2, 0.25) is 5.91 Å². The molecule has 1 saturated heterocycles. The third-order valence-electron chi connectivity index (χ3n) is 6.06. The molecule has 0 saturated carbocycles.